The summed E-state index contributed by atoms with van der Waals surface area (Å²) in [5, 5.41) is 20.7. The number of nitrogens with one attached hydrogen (secondary N) is 1. The normalized spacial score (nSPS) is 17.6. The Kier molecular flexibility index (Phi) is 5.63. The highest BCUT2D eigenvalue weighted by atomic mass is 79.9. The van der Waals surface area contributed by atoms with Crippen molar-refractivity contribution in [3.05, 3.63) is 0 Å². The molecule has 0 saturated carbocycles. The Morgan fingerprint density at radius 2 is 2.07 bits per heavy atom. The molecule has 1 amide bonds. The summed E-state index contributed by atoms with van der Waals surface area (Å²) in [5.74, 6) is 0.0165. The van der Waals surface area contributed by atoms with Gasteiger partial charge in [0.25, 0.3) is 0 Å². The molecule has 5 heteroatoms. The van der Waals surface area contributed by atoms with Crippen molar-refractivity contribution in [3.63, 3.8) is 0 Å². The van der Waals surface area contributed by atoms with Gasteiger partial charge in [-0.25, -0.2) is 0 Å². The van der Waals surface area contributed by atoms with E-state index in [2.05, 4.69) is 21.2 Å². The Morgan fingerprint density at radius 1 is 1.57 bits per heavy atom. The van der Waals surface area contributed by atoms with E-state index in [1.54, 1.807) is 0 Å². The van der Waals surface area contributed by atoms with Gasteiger partial charge in [0.15, 0.2) is 0 Å². The Hall–Kier alpha value is -0.130. The van der Waals surface area contributed by atoms with Crippen molar-refractivity contribution in [2.24, 2.45) is 5.92 Å². The molecule has 0 aromatic heterocycles. The first kappa shape index (κ1) is 13.9. The van der Waals surface area contributed by atoms with Gasteiger partial charge in [0, 0.05) is 6.54 Å². The monoisotopic (exact) mass is 267 g/mol. The zero-order valence-electron chi connectivity index (χ0n) is 8.75. The molecule has 0 aliphatic rings. The fourth-order valence-electron chi connectivity index (χ4n) is 0.734. The highest BCUT2D eigenvalue weighted by Gasteiger charge is 2.23. The lowest BCUT2D eigenvalue weighted by Crippen LogP contribution is -2.46. The summed E-state index contributed by atoms with van der Waals surface area (Å²) in [6, 6.07) is 0. The number of hydrogen-bond acceptors (Lipinski definition) is 3. The molecule has 0 aliphatic heterocycles. The summed E-state index contributed by atoms with van der Waals surface area (Å²) in [4.78, 5) is 11.1. The minimum Gasteiger partial charge on any atom is -0.393 e. The van der Waals surface area contributed by atoms with E-state index in [1.807, 2.05) is 13.8 Å². The van der Waals surface area contributed by atoms with E-state index < -0.39 is 5.60 Å². The second-order valence-corrected chi connectivity index (χ2v) is 5.01. The smallest absolute Gasteiger partial charge is 0.234 e. The second-order valence-electron chi connectivity index (χ2n) is 4.02. The van der Waals surface area contributed by atoms with Gasteiger partial charge in [0.1, 0.15) is 5.60 Å². The van der Waals surface area contributed by atoms with Crippen LogP contribution in [0.2, 0.25) is 0 Å². The van der Waals surface area contributed by atoms with E-state index >= 15 is 0 Å². The van der Waals surface area contributed by atoms with E-state index in [4.69, 9.17) is 5.11 Å². The van der Waals surface area contributed by atoms with Crippen LogP contribution < -0.4 is 5.32 Å². The van der Waals surface area contributed by atoms with Gasteiger partial charge < -0.3 is 15.5 Å². The van der Waals surface area contributed by atoms with Crippen LogP contribution in [0.25, 0.3) is 0 Å². The molecular formula is C9H18BrNO3. The van der Waals surface area contributed by atoms with Crippen LogP contribution in [-0.2, 0) is 4.79 Å². The van der Waals surface area contributed by atoms with Crippen molar-refractivity contribution in [2.75, 3.05) is 13.2 Å². The van der Waals surface area contributed by atoms with E-state index in [9.17, 15) is 9.90 Å². The van der Waals surface area contributed by atoms with Gasteiger partial charge in [0.05, 0.1) is 11.4 Å². The summed E-state index contributed by atoms with van der Waals surface area (Å²) >= 11 is 3.24. The van der Waals surface area contributed by atoms with E-state index in [0.717, 1.165) is 0 Å². The lowest BCUT2D eigenvalue weighted by atomic mass is 10.1. The van der Waals surface area contributed by atoms with Gasteiger partial charge >= 0.3 is 0 Å². The molecule has 0 aromatic rings. The molecule has 0 saturated heterocycles. The molecule has 0 aromatic carbocycles. The first-order valence-corrected chi connectivity index (χ1v) is 5.47. The van der Waals surface area contributed by atoms with Gasteiger partial charge in [-0.1, -0.05) is 29.8 Å². The number of carbonyl (C=O) groups excluding carboxylic acids is 1. The third-order valence-electron chi connectivity index (χ3n) is 1.82. The maximum absolute atomic E-state index is 11.4. The Balaban J connectivity index is 3.97. The van der Waals surface area contributed by atoms with Gasteiger partial charge in [-0.15, -0.1) is 0 Å². The molecule has 0 radical (unpaired) electrons. The molecule has 2 unspecified atom stereocenters. The quantitative estimate of drug-likeness (QED) is 0.627. The van der Waals surface area contributed by atoms with Gasteiger partial charge in [-0.2, -0.15) is 0 Å². The lowest BCUT2D eigenvalue weighted by Gasteiger charge is -2.22. The van der Waals surface area contributed by atoms with E-state index in [1.165, 1.54) is 6.92 Å². The maximum atomic E-state index is 11.4. The van der Waals surface area contributed by atoms with E-state index in [0.29, 0.717) is 0 Å². The Labute approximate surface area is 92.8 Å². The van der Waals surface area contributed by atoms with Crippen molar-refractivity contribution in [1.82, 2.24) is 5.32 Å². The third-order valence-corrected chi connectivity index (χ3v) is 3.29. The standard InChI is InChI=1S/C9H18BrNO3/c1-6(2)7(10)8(13)11-4-9(3,14)5-12/h6-7,12,14H,4-5H2,1-3H3,(H,11,13). The zero-order chi connectivity index (χ0) is 11.4. The van der Waals surface area contributed by atoms with Crippen LogP contribution in [-0.4, -0.2) is 39.7 Å². The molecule has 4 nitrogen and oxygen atoms in total. The average Bonchev–Trinajstić information content (AvgIpc) is 2.13. The van der Waals surface area contributed by atoms with Crippen molar-refractivity contribution in [1.29, 1.82) is 0 Å². The highest BCUT2D eigenvalue weighted by Crippen LogP contribution is 2.12. The molecule has 3 N–H and O–H groups in total. The van der Waals surface area contributed by atoms with Crippen LogP contribution in [0.4, 0.5) is 0 Å². The number of hydrogen-bond donors (Lipinski definition) is 3. The molecule has 0 rings (SSSR count). The summed E-state index contributed by atoms with van der Waals surface area (Å²) in [6.45, 7) is 4.98. The predicted molar refractivity (Wildman–Crippen MR) is 58.3 cm³/mol. The number of alkyl halides is 1. The van der Waals surface area contributed by atoms with Crippen LogP contribution in [0.15, 0.2) is 0 Å². The van der Waals surface area contributed by atoms with Crippen molar-refractivity contribution in [2.45, 2.75) is 31.2 Å². The number of rotatable bonds is 5. The third kappa shape index (κ3) is 4.93. The van der Waals surface area contributed by atoms with Crippen molar-refractivity contribution >= 4 is 21.8 Å². The van der Waals surface area contributed by atoms with Gasteiger partial charge in [-0.3, -0.25) is 4.79 Å². The maximum Gasteiger partial charge on any atom is 0.234 e. The molecule has 2 atom stereocenters. The van der Waals surface area contributed by atoms with Crippen LogP contribution in [0.3, 0.4) is 0 Å². The second kappa shape index (κ2) is 5.68. The molecular weight excluding hydrogens is 250 g/mol. The van der Waals surface area contributed by atoms with Crippen molar-refractivity contribution in [3.8, 4) is 0 Å². The summed E-state index contributed by atoms with van der Waals surface area (Å²) in [6.07, 6.45) is 0. The number of aliphatic hydroxyl groups excluding tert-OH is 1. The molecule has 84 valence electrons. The minimum absolute atomic E-state index is 0.0527. The van der Waals surface area contributed by atoms with Crippen LogP contribution in [0, 0.1) is 5.92 Å². The summed E-state index contributed by atoms with van der Waals surface area (Å²) < 4.78 is 0. The first-order valence-electron chi connectivity index (χ1n) is 4.55. The molecule has 0 heterocycles. The predicted octanol–water partition coefficient (Wildman–Crippen LogP) is 0.265. The van der Waals surface area contributed by atoms with Crippen molar-refractivity contribution < 1.29 is 15.0 Å². The molecule has 0 fully saturated rings. The molecule has 14 heavy (non-hydrogen) atoms. The number of halogens is 1. The fraction of sp³-hybridized carbons (Fsp3) is 0.889. The Bertz CT molecular complexity index is 194. The fourth-order valence-corrected chi connectivity index (χ4v) is 0.896. The minimum atomic E-state index is -1.25. The Morgan fingerprint density at radius 3 is 2.43 bits per heavy atom. The van der Waals surface area contributed by atoms with E-state index in [-0.39, 0.29) is 29.8 Å². The zero-order valence-corrected chi connectivity index (χ0v) is 10.3. The molecule has 0 spiro atoms. The van der Waals surface area contributed by atoms with Crippen LogP contribution in [0.1, 0.15) is 20.8 Å². The number of amides is 1. The lowest BCUT2D eigenvalue weighted by molar-refractivity contribution is -0.122. The highest BCUT2D eigenvalue weighted by molar-refractivity contribution is 9.10. The van der Waals surface area contributed by atoms with Gasteiger partial charge in [-0.05, 0) is 12.8 Å². The average molecular weight is 268 g/mol. The summed E-state index contributed by atoms with van der Waals surface area (Å²) in [5.41, 5.74) is -1.25. The topological polar surface area (TPSA) is 69.6 Å². The molecule has 0 bridgehead atoms. The largest absolute Gasteiger partial charge is 0.393 e. The van der Waals surface area contributed by atoms with Crippen LogP contribution in [0.5, 0.6) is 0 Å². The molecule has 0 aliphatic carbocycles. The van der Waals surface area contributed by atoms with Crippen LogP contribution >= 0.6 is 15.9 Å². The first-order chi connectivity index (χ1) is 6.30. The van der Waals surface area contributed by atoms with Gasteiger partial charge in [0.2, 0.25) is 5.91 Å². The number of carbonyl (C=O) groups is 1. The number of aliphatic hydroxyl groups is 2. The SMILES string of the molecule is CC(C)C(Br)C(=O)NCC(C)(O)CO. The summed E-state index contributed by atoms with van der Waals surface area (Å²) in [7, 11) is 0.